The molecule has 0 bridgehead atoms. The third-order valence-electron chi connectivity index (χ3n) is 2.21. The first-order valence-corrected chi connectivity index (χ1v) is 5.14. The van der Waals surface area contributed by atoms with Crippen molar-refractivity contribution in [1.29, 1.82) is 0 Å². The number of phenols is 1. The molecule has 1 aromatic carbocycles. The molecular weight excluding hydrogens is 168 g/mol. The average molecular weight is 182 g/mol. The number of hydrogen-bond donors (Lipinski definition) is 1. The highest BCUT2D eigenvalue weighted by molar-refractivity contribution is 7.98. The molecule has 0 aliphatic carbocycles. The van der Waals surface area contributed by atoms with E-state index in [1.807, 2.05) is 26.2 Å². The molecule has 12 heavy (non-hydrogen) atoms. The Balaban J connectivity index is 3.42. The minimum absolute atomic E-state index is 0.405. The van der Waals surface area contributed by atoms with Gasteiger partial charge in [-0.15, -0.1) is 11.8 Å². The maximum absolute atomic E-state index is 9.52. The molecule has 0 aliphatic heterocycles. The van der Waals surface area contributed by atoms with Crippen molar-refractivity contribution in [1.82, 2.24) is 0 Å². The summed E-state index contributed by atoms with van der Waals surface area (Å²) in [7, 11) is 0. The first kappa shape index (κ1) is 9.46. The van der Waals surface area contributed by atoms with E-state index in [0.717, 1.165) is 11.1 Å². The second-order valence-corrected chi connectivity index (χ2v) is 3.81. The molecule has 1 rings (SSSR count). The molecule has 0 amide bonds. The zero-order valence-corrected chi connectivity index (χ0v) is 8.75. The number of benzene rings is 1. The lowest BCUT2D eigenvalue weighted by Gasteiger charge is -2.11. The van der Waals surface area contributed by atoms with Crippen LogP contribution in [0.3, 0.4) is 0 Å². The van der Waals surface area contributed by atoms with Gasteiger partial charge in [0, 0.05) is 10.5 Å². The fraction of sp³-hybridized carbons (Fsp3) is 0.400. The zero-order chi connectivity index (χ0) is 9.30. The summed E-state index contributed by atoms with van der Waals surface area (Å²) in [4.78, 5) is 1.20. The Bertz CT molecular complexity index is 279. The molecule has 0 atom stereocenters. The molecule has 0 heterocycles. The van der Waals surface area contributed by atoms with Gasteiger partial charge in [0.15, 0.2) is 0 Å². The van der Waals surface area contributed by atoms with E-state index >= 15 is 0 Å². The molecule has 0 unspecified atom stereocenters. The van der Waals surface area contributed by atoms with E-state index in [4.69, 9.17) is 0 Å². The summed E-state index contributed by atoms with van der Waals surface area (Å²) in [6, 6.07) is 1.82. The quantitative estimate of drug-likeness (QED) is 0.674. The van der Waals surface area contributed by atoms with Gasteiger partial charge in [-0.3, -0.25) is 0 Å². The molecule has 1 nitrogen and oxygen atoms in total. The minimum atomic E-state index is 0.405. The summed E-state index contributed by atoms with van der Waals surface area (Å²) in [5, 5.41) is 9.52. The van der Waals surface area contributed by atoms with Crippen LogP contribution in [0.25, 0.3) is 0 Å². The normalized spacial score (nSPS) is 10.3. The monoisotopic (exact) mass is 182 g/mol. The Morgan fingerprint density at radius 1 is 1.17 bits per heavy atom. The maximum atomic E-state index is 9.52. The minimum Gasteiger partial charge on any atom is -0.508 e. The van der Waals surface area contributed by atoms with Gasteiger partial charge < -0.3 is 5.11 Å². The first-order chi connectivity index (χ1) is 5.57. The number of thioether (sulfide) groups is 1. The molecule has 0 fully saturated rings. The Labute approximate surface area is 77.8 Å². The van der Waals surface area contributed by atoms with Crippen LogP contribution in [0.2, 0.25) is 0 Å². The standard InChI is InChI=1S/C10H14OS/c1-6-5-9(11)8(3)10(12-4)7(6)2/h5,11H,1-4H3. The van der Waals surface area contributed by atoms with Crippen molar-refractivity contribution in [2.45, 2.75) is 25.7 Å². The topological polar surface area (TPSA) is 20.2 Å². The molecule has 1 N–H and O–H groups in total. The number of aryl methyl sites for hydroxylation is 1. The molecule has 0 saturated carbocycles. The van der Waals surface area contributed by atoms with Crippen molar-refractivity contribution in [2.75, 3.05) is 6.26 Å². The fourth-order valence-corrected chi connectivity index (χ4v) is 2.18. The Hall–Kier alpha value is -0.630. The SMILES string of the molecule is CSc1c(C)c(C)cc(O)c1C. The van der Waals surface area contributed by atoms with Gasteiger partial charge in [0.05, 0.1) is 0 Å². The summed E-state index contributed by atoms with van der Waals surface area (Å²) in [6.07, 6.45) is 2.04. The van der Waals surface area contributed by atoms with Crippen LogP contribution in [0, 0.1) is 20.8 Å². The highest BCUT2D eigenvalue weighted by Gasteiger charge is 2.07. The van der Waals surface area contributed by atoms with E-state index in [9.17, 15) is 5.11 Å². The molecule has 0 spiro atoms. The van der Waals surface area contributed by atoms with Crippen LogP contribution in [-0.4, -0.2) is 11.4 Å². The van der Waals surface area contributed by atoms with E-state index < -0.39 is 0 Å². The molecule has 66 valence electrons. The molecule has 1 aromatic rings. The fourth-order valence-electron chi connectivity index (χ4n) is 1.30. The van der Waals surface area contributed by atoms with Gasteiger partial charge in [0.25, 0.3) is 0 Å². The van der Waals surface area contributed by atoms with Crippen LogP contribution in [0.1, 0.15) is 16.7 Å². The van der Waals surface area contributed by atoms with Crippen LogP contribution < -0.4 is 0 Å². The summed E-state index contributed by atoms with van der Waals surface area (Å²) < 4.78 is 0. The van der Waals surface area contributed by atoms with E-state index in [1.165, 1.54) is 10.5 Å². The van der Waals surface area contributed by atoms with Gasteiger partial charge in [-0.1, -0.05) is 0 Å². The molecular formula is C10H14OS. The van der Waals surface area contributed by atoms with Gasteiger partial charge in [0.1, 0.15) is 5.75 Å². The summed E-state index contributed by atoms with van der Waals surface area (Å²) >= 11 is 1.69. The van der Waals surface area contributed by atoms with Crippen molar-refractivity contribution in [3.8, 4) is 5.75 Å². The number of phenolic OH excluding ortho intramolecular Hbond substituents is 1. The van der Waals surface area contributed by atoms with Crippen molar-refractivity contribution in [3.63, 3.8) is 0 Å². The van der Waals surface area contributed by atoms with E-state index in [2.05, 4.69) is 6.92 Å². The smallest absolute Gasteiger partial charge is 0.119 e. The maximum Gasteiger partial charge on any atom is 0.119 e. The van der Waals surface area contributed by atoms with Gasteiger partial charge in [-0.05, 0) is 44.2 Å². The molecule has 0 aromatic heterocycles. The number of rotatable bonds is 1. The number of aromatic hydroxyl groups is 1. The van der Waals surface area contributed by atoms with E-state index in [-0.39, 0.29) is 0 Å². The summed E-state index contributed by atoms with van der Waals surface area (Å²) in [5.74, 6) is 0.405. The highest BCUT2D eigenvalue weighted by Crippen LogP contribution is 2.32. The Morgan fingerprint density at radius 2 is 1.75 bits per heavy atom. The third-order valence-corrected chi connectivity index (χ3v) is 3.23. The number of hydrogen-bond acceptors (Lipinski definition) is 2. The Kier molecular flexibility index (Phi) is 2.68. The second kappa shape index (κ2) is 3.40. The zero-order valence-electron chi connectivity index (χ0n) is 7.93. The van der Waals surface area contributed by atoms with Crippen molar-refractivity contribution in [3.05, 3.63) is 22.8 Å². The van der Waals surface area contributed by atoms with Crippen molar-refractivity contribution < 1.29 is 5.11 Å². The molecule has 2 heteroatoms. The lowest BCUT2D eigenvalue weighted by Crippen LogP contribution is -1.89. The molecule has 0 aliphatic rings. The Morgan fingerprint density at radius 3 is 2.25 bits per heavy atom. The van der Waals surface area contributed by atoms with E-state index in [1.54, 1.807) is 11.8 Å². The lowest BCUT2D eigenvalue weighted by molar-refractivity contribution is 0.468. The summed E-state index contributed by atoms with van der Waals surface area (Å²) in [5.41, 5.74) is 3.42. The van der Waals surface area contributed by atoms with Crippen LogP contribution in [-0.2, 0) is 0 Å². The van der Waals surface area contributed by atoms with Crippen molar-refractivity contribution >= 4 is 11.8 Å². The largest absolute Gasteiger partial charge is 0.508 e. The van der Waals surface area contributed by atoms with Crippen LogP contribution in [0.15, 0.2) is 11.0 Å². The van der Waals surface area contributed by atoms with Gasteiger partial charge >= 0.3 is 0 Å². The predicted molar refractivity (Wildman–Crippen MR) is 54.1 cm³/mol. The van der Waals surface area contributed by atoms with Gasteiger partial charge in [0.2, 0.25) is 0 Å². The molecule has 0 radical (unpaired) electrons. The van der Waals surface area contributed by atoms with Crippen LogP contribution in [0.5, 0.6) is 5.75 Å². The predicted octanol–water partition coefficient (Wildman–Crippen LogP) is 3.04. The highest BCUT2D eigenvalue weighted by atomic mass is 32.2. The van der Waals surface area contributed by atoms with Crippen LogP contribution in [0.4, 0.5) is 0 Å². The summed E-state index contributed by atoms with van der Waals surface area (Å²) in [6.45, 7) is 6.06. The average Bonchev–Trinajstić information content (AvgIpc) is 2.02. The second-order valence-electron chi connectivity index (χ2n) is 3.00. The van der Waals surface area contributed by atoms with Crippen LogP contribution >= 0.6 is 11.8 Å². The first-order valence-electron chi connectivity index (χ1n) is 3.91. The van der Waals surface area contributed by atoms with Gasteiger partial charge in [-0.2, -0.15) is 0 Å². The molecule has 0 saturated heterocycles. The van der Waals surface area contributed by atoms with E-state index in [0.29, 0.717) is 5.75 Å². The van der Waals surface area contributed by atoms with Gasteiger partial charge in [-0.25, -0.2) is 0 Å². The van der Waals surface area contributed by atoms with Crippen molar-refractivity contribution in [2.24, 2.45) is 0 Å². The third kappa shape index (κ3) is 1.44. The lowest BCUT2D eigenvalue weighted by atomic mass is 10.1.